The van der Waals surface area contributed by atoms with Gasteiger partial charge in [0.15, 0.2) is 0 Å². The van der Waals surface area contributed by atoms with Crippen LogP contribution in [-0.2, 0) is 29.2 Å². The summed E-state index contributed by atoms with van der Waals surface area (Å²) in [5, 5.41) is 3.41. The van der Waals surface area contributed by atoms with Gasteiger partial charge in [-0.3, -0.25) is 9.69 Å². The Kier molecular flexibility index (Phi) is 14.2. The Morgan fingerprint density at radius 3 is 2.21 bits per heavy atom. The van der Waals surface area contributed by atoms with Crippen molar-refractivity contribution < 1.29 is 9.53 Å². The number of benzene rings is 1. The second kappa shape index (κ2) is 17.2. The third-order valence-electron chi connectivity index (χ3n) is 5.82. The van der Waals surface area contributed by atoms with E-state index < -0.39 is 0 Å². The summed E-state index contributed by atoms with van der Waals surface area (Å²) in [5.74, 6) is 0.837. The fraction of sp³-hybridized carbons (Fsp3) is 0.630. The van der Waals surface area contributed by atoms with Crippen LogP contribution >= 0.6 is 0 Å². The molecular weight excluding hydrogens is 426 g/mol. The summed E-state index contributed by atoms with van der Waals surface area (Å²) in [4.78, 5) is 24.2. The van der Waals surface area contributed by atoms with Gasteiger partial charge in [-0.15, -0.1) is 0 Å². The summed E-state index contributed by atoms with van der Waals surface area (Å²) in [6.45, 7) is 14.5. The van der Waals surface area contributed by atoms with Crippen LogP contribution in [0.15, 0.2) is 36.7 Å². The topological polar surface area (TPSA) is 73.5 Å². The van der Waals surface area contributed by atoms with Gasteiger partial charge in [0.25, 0.3) is 0 Å². The molecule has 1 heterocycles. The summed E-state index contributed by atoms with van der Waals surface area (Å²) in [6, 6.07) is 8.76. The maximum Gasteiger partial charge on any atom is 0.307 e. The van der Waals surface area contributed by atoms with Crippen molar-refractivity contribution >= 4 is 5.97 Å². The smallest absolute Gasteiger partial charge is 0.307 e. The highest BCUT2D eigenvalue weighted by molar-refractivity contribution is 5.69. The lowest BCUT2D eigenvalue weighted by Gasteiger charge is -2.24. The zero-order chi connectivity index (χ0) is 24.4. The molecule has 0 fully saturated rings. The van der Waals surface area contributed by atoms with Gasteiger partial charge in [0, 0.05) is 32.0 Å². The maximum absolute atomic E-state index is 11.9. The molecule has 7 heteroatoms. The predicted octanol–water partition coefficient (Wildman–Crippen LogP) is 4.36. The lowest BCUT2D eigenvalue weighted by atomic mass is 10.1. The standard InChI is InChI=1S/C27H45N5O2/c1-4-16-31(17-5-2)18-7-8-19-32(20-13-27(33)34-6-3)23-25-11-9-24(10-12-25)21-28-22-26-29-14-15-30-26/h9-12,14-15,28H,4-8,13,16-23H2,1-3H3,(H,29,30). The molecule has 34 heavy (non-hydrogen) atoms. The molecule has 0 aliphatic carbocycles. The molecule has 0 amide bonds. The number of carbonyl (C=O) groups is 1. The van der Waals surface area contributed by atoms with Crippen molar-refractivity contribution in [3.8, 4) is 0 Å². The summed E-state index contributed by atoms with van der Waals surface area (Å²) >= 11 is 0. The van der Waals surface area contributed by atoms with E-state index in [4.69, 9.17) is 4.74 Å². The highest BCUT2D eigenvalue weighted by atomic mass is 16.5. The first-order valence-electron chi connectivity index (χ1n) is 13.0. The molecule has 0 atom stereocenters. The second-order valence-electron chi connectivity index (χ2n) is 8.84. The third-order valence-corrected chi connectivity index (χ3v) is 5.82. The number of esters is 1. The first-order chi connectivity index (χ1) is 16.6. The Morgan fingerprint density at radius 2 is 1.59 bits per heavy atom. The minimum atomic E-state index is -0.109. The van der Waals surface area contributed by atoms with Crippen LogP contribution in [0.1, 0.15) is 69.8 Å². The number of imidazole rings is 1. The van der Waals surface area contributed by atoms with Crippen molar-refractivity contribution in [3.63, 3.8) is 0 Å². The molecule has 0 aliphatic heterocycles. The normalized spacial score (nSPS) is 11.4. The summed E-state index contributed by atoms with van der Waals surface area (Å²) < 4.78 is 5.15. The Balaban J connectivity index is 1.82. The van der Waals surface area contributed by atoms with Crippen LogP contribution in [0.4, 0.5) is 0 Å². The van der Waals surface area contributed by atoms with Crippen molar-refractivity contribution in [2.45, 2.75) is 72.5 Å². The Labute approximate surface area is 206 Å². The Morgan fingerprint density at radius 1 is 0.912 bits per heavy atom. The van der Waals surface area contributed by atoms with Gasteiger partial charge in [0.1, 0.15) is 5.82 Å². The van der Waals surface area contributed by atoms with E-state index in [1.807, 2.05) is 13.1 Å². The van der Waals surface area contributed by atoms with Gasteiger partial charge in [-0.2, -0.15) is 0 Å². The van der Waals surface area contributed by atoms with E-state index in [0.717, 1.165) is 51.5 Å². The van der Waals surface area contributed by atoms with Crippen LogP contribution in [0.5, 0.6) is 0 Å². The molecule has 0 saturated heterocycles. The van der Waals surface area contributed by atoms with Gasteiger partial charge < -0.3 is 19.9 Å². The van der Waals surface area contributed by atoms with Gasteiger partial charge in [0.05, 0.1) is 19.6 Å². The van der Waals surface area contributed by atoms with Gasteiger partial charge in [-0.25, -0.2) is 4.98 Å². The van der Waals surface area contributed by atoms with E-state index in [0.29, 0.717) is 13.0 Å². The van der Waals surface area contributed by atoms with E-state index in [-0.39, 0.29) is 5.97 Å². The van der Waals surface area contributed by atoms with E-state index in [1.165, 1.54) is 43.5 Å². The highest BCUT2D eigenvalue weighted by Crippen LogP contribution is 2.10. The zero-order valence-electron chi connectivity index (χ0n) is 21.5. The van der Waals surface area contributed by atoms with Crippen molar-refractivity contribution in [2.24, 2.45) is 0 Å². The molecule has 0 unspecified atom stereocenters. The summed E-state index contributed by atoms with van der Waals surface area (Å²) in [7, 11) is 0. The molecule has 190 valence electrons. The highest BCUT2D eigenvalue weighted by Gasteiger charge is 2.11. The fourth-order valence-corrected chi connectivity index (χ4v) is 4.13. The number of carbonyl (C=O) groups excluding carboxylic acids is 1. The van der Waals surface area contributed by atoms with E-state index >= 15 is 0 Å². The number of aromatic amines is 1. The van der Waals surface area contributed by atoms with Gasteiger partial charge in [-0.1, -0.05) is 38.1 Å². The van der Waals surface area contributed by atoms with E-state index in [9.17, 15) is 4.79 Å². The monoisotopic (exact) mass is 471 g/mol. The molecular formula is C27H45N5O2. The van der Waals surface area contributed by atoms with Crippen LogP contribution in [0.2, 0.25) is 0 Å². The summed E-state index contributed by atoms with van der Waals surface area (Å²) in [5.41, 5.74) is 2.53. The first kappa shape index (κ1) is 28.0. The van der Waals surface area contributed by atoms with Crippen molar-refractivity contribution in [1.82, 2.24) is 25.1 Å². The SMILES string of the molecule is CCCN(CCC)CCCCN(CCC(=O)OCC)Cc1ccc(CNCc2ncc[nH]2)cc1. The molecule has 7 nitrogen and oxygen atoms in total. The second-order valence-corrected chi connectivity index (χ2v) is 8.84. The molecule has 2 aromatic rings. The van der Waals surface area contributed by atoms with Crippen molar-refractivity contribution in [1.29, 1.82) is 0 Å². The Bertz CT molecular complexity index is 758. The number of nitrogens with zero attached hydrogens (tertiary/aromatic N) is 3. The number of H-pyrrole nitrogens is 1. The molecule has 0 spiro atoms. The number of ether oxygens (including phenoxy) is 1. The number of unbranched alkanes of at least 4 members (excludes halogenated alkanes) is 1. The Hall–Kier alpha value is -2.22. The minimum Gasteiger partial charge on any atom is -0.466 e. The number of rotatable bonds is 19. The molecule has 0 aliphatic rings. The van der Waals surface area contributed by atoms with Crippen LogP contribution in [0.25, 0.3) is 0 Å². The van der Waals surface area contributed by atoms with Crippen LogP contribution in [-0.4, -0.2) is 65.1 Å². The lowest BCUT2D eigenvalue weighted by Crippen LogP contribution is -2.30. The average molecular weight is 472 g/mol. The average Bonchev–Trinajstić information content (AvgIpc) is 3.35. The van der Waals surface area contributed by atoms with Gasteiger partial charge >= 0.3 is 5.97 Å². The predicted molar refractivity (Wildman–Crippen MR) is 138 cm³/mol. The minimum absolute atomic E-state index is 0.109. The molecule has 2 rings (SSSR count). The number of nitrogens with one attached hydrogen (secondary N) is 2. The van der Waals surface area contributed by atoms with E-state index in [2.05, 4.69) is 63.2 Å². The fourth-order valence-electron chi connectivity index (χ4n) is 4.13. The van der Waals surface area contributed by atoms with Crippen LogP contribution in [0.3, 0.4) is 0 Å². The number of aromatic nitrogens is 2. The first-order valence-corrected chi connectivity index (χ1v) is 13.0. The molecule has 1 aromatic heterocycles. The maximum atomic E-state index is 11.9. The molecule has 0 radical (unpaired) electrons. The number of hydrogen-bond donors (Lipinski definition) is 2. The van der Waals surface area contributed by atoms with Gasteiger partial charge in [0.2, 0.25) is 0 Å². The molecule has 0 bridgehead atoms. The lowest BCUT2D eigenvalue weighted by molar-refractivity contribution is -0.143. The summed E-state index contributed by atoms with van der Waals surface area (Å²) in [6.07, 6.45) is 8.80. The van der Waals surface area contributed by atoms with E-state index in [1.54, 1.807) is 6.20 Å². The quantitative estimate of drug-likeness (QED) is 0.234. The largest absolute Gasteiger partial charge is 0.466 e. The molecule has 1 aromatic carbocycles. The number of hydrogen-bond acceptors (Lipinski definition) is 6. The molecule has 2 N–H and O–H groups in total. The zero-order valence-corrected chi connectivity index (χ0v) is 21.5. The van der Waals surface area contributed by atoms with Crippen LogP contribution < -0.4 is 5.32 Å². The van der Waals surface area contributed by atoms with Crippen molar-refractivity contribution in [3.05, 3.63) is 53.6 Å². The van der Waals surface area contributed by atoms with Crippen LogP contribution in [0, 0.1) is 0 Å². The third kappa shape index (κ3) is 11.8. The van der Waals surface area contributed by atoms with Gasteiger partial charge in [-0.05, 0) is 69.9 Å². The van der Waals surface area contributed by atoms with Crippen molar-refractivity contribution in [2.75, 3.05) is 39.3 Å². The molecule has 0 saturated carbocycles.